The van der Waals surface area contributed by atoms with E-state index < -0.39 is 0 Å². The van der Waals surface area contributed by atoms with E-state index in [-0.39, 0.29) is 5.38 Å². The minimum Gasteiger partial charge on any atom is -0.497 e. The van der Waals surface area contributed by atoms with Crippen molar-refractivity contribution in [2.45, 2.75) is 18.7 Å². The number of hydrogen-bond acceptors (Lipinski definition) is 3. The highest BCUT2D eigenvalue weighted by Gasteiger charge is 2.12. The number of aryl methyl sites for hydroxylation is 1. The highest BCUT2D eigenvalue weighted by Crippen LogP contribution is 2.30. The van der Waals surface area contributed by atoms with E-state index in [1.165, 1.54) is 5.56 Å². The molecule has 0 fully saturated rings. The van der Waals surface area contributed by atoms with E-state index in [4.69, 9.17) is 16.3 Å². The fourth-order valence-corrected chi connectivity index (χ4v) is 2.76. The van der Waals surface area contributed by atoms with Crippen LogP contribution in [0.25, 0.3) is 0 Å². The molecule has 0 bridgehead atoms. The quantitative estimate of drug-likeness (QED) is 0.782. The van der Waals surface area contributed by atoms with Crippen molar-refractivity contribution in [1.29, 1.82) is 0 Å². The minimum atomic E-state index is -0.0201. The highest BCUT2D eigenvalue weighted by molar-refractivity contribution is 7.11. The molecule has 0 aliphatic rings. The summed E-state index contributed by atoms with van der Waals surface area (Å²) in [5.41, 5.74) is 1.18. The van der Waals surface area contributed by atoms with Crippen LogP contribution in [-0.2, 0) is 6.42 Å². The minimum absolute atomic E-state index is 0.0201. The van der Waals surface area contributed by atoms with E-state index in [0.717, 1.165) is 22.1 Å². The number of aromatic nitrogens is 1. The van der Waals surface area contributed by atoms with Crippen LogP contribution >= 0.6 is 22.9 Å². The van der Waals surface area contributed by atoms with Crippen molar-refractivity contribution in [3.05, 3.63) is 45.9 Å². The van der Waals surface area contributed by atoms with Gasteiger partial charge in [-0.05, 0) is 31.0 Å². The van der Waals surface area contributed by atoms with Crippen molar-refractivity contribution in [3.63, 3.8) is 0 Å². The summed E-state index contributed by atoms with van der Waals surface area (Å²) in [6.45, 7) is 1.99. The van der Waals surface area contributed by atoms with Crippen LogP contribution in [0.2, 0.25) is 0 Å². The molecule has 0 amide bonds. The lowest BCUT2D eigenvalue weighted by molar-refractivity contribution is 0.414. The SMILES string of the molecule is COc1cccc(CC(Cl)c2cnc(C)s2)c1. The first-order valence-corrected chi connectivity index (χ1v) is 6.63. The topological polar surface area (TPSA) is 22.1 Å². The molecule has 1 atom stereocenters. The third-order valence-corrected chi connectivity index (χ3v) is 4.04. The van der Waals surface area contributed by atoms with Gasteiger partial charge in [-0.25, -0.2) is 4.98 Å². The largest absolute Gasteiger partial charge is 0.497 e. The predicted molar refractivity (Wildman–Crippen MR) is 72.1 cm³/mol. The van der Waals surface area contributed by atoms with Crippen LogP contribution in [0.4, 0.5) is 0 Å². The number of halogens is 1. The number of thiazole rings is 1. The first-order chi connectivity index (χ1) is 8.19. The van der Waals surface area contributed by atoms with E-state index in [0.29, 0.717) is 0 Å². The fraction of sp³-hybridized carbons (Fsp3) is 0.308. The molecule has 2 nitrogen and oxygen atoms in total. The van der Waals surface area contributed by atoms with Gasteiger partial charge in [0.25, 0.3) is 0 Å². The second-order valence-corrected chi connectivity index (χ2v) is 5.60. The molecule has 2 aromatic rings. The van der Waals surface area contributed by atoms with Crippen molar-refractivity contribution in [2.24, 2.45) is 0 Å². The summed E-state index contributed by atoms with van der Waals surface area (Å²) < 4.78 is 5.19. The molecule has 0 saturated carbocycles. The van der Waals surface area contributed by atoms with Gasteiger partial charge in [0.15, 0.2) is 0 Å². The third kappa shape index (κ3) is 3.20. The zero-order valence-corrected chi connectivity index (χ0v) is 11.4. The predicted octanol–water partition coefficient (Wildman–Crippen LogP) is 3.98. The van der Waals surface area contributed by atoms with Crippen LogP contribution < -0.4 is 4.74 Å². The first kappa shape index (κ1) is 12.4. The summed E-state index contributed by atoms with van der Waals surface area (Å²) in [6.07, 6.45) is 2.65. The van der Waals surface area contributed by atoms with Crippen LogP contribution in [0.1, 0.15) is 20.8 Å². The normalized spacial score (nSPS) is 12.4. The maximum Gasteiger partial charge on any atom is 0.119 e. The number of methoxy groups -OCH3 is 1. The molecular formula is C13H14ClNOS. The summed E-state index contributed by atoms with van der Waals surface area (Å²) >= 11 is 8.03. The Morgan fingerprint density at radius 3 is 2.94 bits per heavy atom. The number of benzene rings is 1. The Kier molecular flexibility index (Phi) is 4.02. The first-order valence-electron chi connectivity index (χ1n) is 5.38. The molecule has 0 saturated heterocycles. The van der Waals surface area contributed by atoms with Gasteiger partial charge in [0.05, 0.1) is 17.5 Å². The molecule has 2 rings (SSSR count). The lowest BCUT2D eigenvalue weighted by Gasteiger charge is -2.08. The summed E-state index contributed by atoms with van der Waals surface area (Å²) in [5, 5.41) is 1.03. The Bertz CT molecular complexity index is 498. The summed E-state index contributed by atoms with van der Waals surface area (Å²) in [6, 6.07) is 7.99. The standard InChI is InChI=1S/C13H14ClNOS/c1-9-15-8-13(17-9)12(14)7-10-4-3-5-11(6-10)16-2/h3-6,8,12H,7H2,1-2H3. The number of nitrogens with zero attached hydrogens (tertiary/aromatic N) is 1. The van der Waals surface area contributed by atoms with Gasteiger partial charge < -0.3 is 4.74 Å². The van der Waals surface area contributed by atoms with Gasteiger partial charge in [-0.15, -0.1) is 22.9 Å². The van der Waals surface area contributed by atoms with Gasteiger partial charge in [-0.3, -0.25) is 0 Å². The molecule has 1 aromatic heterocycles. The molecule has 0 radical (unpaired) electrons. The van der Waals surface area contributed by atoms with Gasteiger partial charge in [0.1, 0.15) is 5.75 Å². The monoisotopic (exact) mass is 267 g/mol. The molecule has 1 aromatic carbocycles. The van der Waals surface area contributed by atoms with E-state index in [1.54, 1.807) is 18.4 Å². The average Bonchev–Trinajstić information content (AvgIpc) is 2.76. The Labute approximate surface area is 110 Å². The van der Waals surface area contributed by atoms with Crippen molar-refractivity contribution in [3.8, 4) is 5.75 Å². The zero-order chi connectivity index (χ0) is 12.3. The maximum atomic E-state index is 6.38. The number of rotatable bonds is 4. The van der Waals surface area contributed by atoms with Crippen molar-refractivity contribution < 1.29 is 4.74 Å². The Morgan fingerprint density at radius 2 is 2.29 bits per heavy atom. The van der Waals surface area contributed by atoms with Crippen LogP contribution in [-0.4, -0.2) is 12.1 Å². The molecule has 17 heavy (non-hydrogen) atoms. The van der Waals surface area contributed by atoms with Gasteiger partial charge in [0.2, 0.25) is 0 Å². The lowest BCUT2D eigenvalue weighted by Crippen LogP contribution is -1.94. The molecule has 0 spiro atoms. The molecule has 0 aliphatic carbocycles. The van der Waals surface area contributed by atoms with E-state index in [1.807, 2.05) is 31.3 Å². The van der Waals surface area contributed by atoms with Crippen molar-refractivity contribution >= 4 is 22.9 Å². The van der Waals surface area contributed by atoms with E-state index >= 15 is 0 Å². The summed E-state index contributed by atoms with van der Waals surface area (Å²) in [5.74, 6) is 0.867. The van der Waals surface area contributed by atoms with Crippen LogP contribution in [0.15, 0.2) is 30.5 Å². The highest BCUT2D eigenvalue weighted by atomic mass is 35.5. The molecule has 0 N–H and O–H groups in total. The van der Waals surface area contributed by atoms with Crippen molar-refractivity contribution in [2.75, 3.05) is 7.11 Å². The molecule has 1 unspecified atom stereocenters. The smallest absolute Gasteiger partial charge is 0.119 e. The maximum absolute atomic E-state index is 6.38. The molecule has 90 valence electrons. The van der Waals surface area contributed by atoms with Gasteiger partial charge >= 0.3 is 0 Å². The molecule has 4 heteroatoms. The van der Waals surface area contributed by atoms with Crippen LogP contribution in [0.3, 0.4) is 0 Å². The van der Waals surface area contributed by atoms with Crippen LogP contribution in [0, 0.1) is 6.92 Å². The summed E-state index contributed by atoms with van der Waals surface area (Å²) in [4.78, 5) is 5.34. The van der Waals surface area contributed by atoms with Gasteiger partial charge in [-0.2, -0.15) is 0 Å². The molecule has 1 heterocycles. The Hall–Kier alpha value is -1.06. The number of ether oxygens (including phenoxy) is 1. The van der Waals surface area contributed by atoms with Gasteiger partial charge in [-0.1, -0.05) is 12.1 Å². The second kappa shape index (κ2) is 5.52. The average molecular weight is 268 g/mol. The number of hydrogen-bond donors (Lipinski definition) is 0. The second-order valence-electron chi connectivity index (χ2n) is 3.80. The Morgan fingerprint density at radius 1 is 1.47 bits per heavy atom. The third-order valence-electron chi connectivity index (χ3n) is 2.50. The fourth-order valence-electron chi connectivity index (χ4n) is 1.63. The lowest BCUT2D eigenvalue weighted by atomic mass is 10.1. The van der Waals surface area contributed by atoms with Crippen molar-refractivity contribution in [1.82, 2.24) is 4.98 Å². The Balaban J connectivity index is 2.09. The summed E-state index contributed by atoms with van der Waals surface area (Å²) in [7, 11) is 1.67. The van der Waals surface area contributed by atoms with E-state index in [9.17, 15) is 0 Å². The molecular weight excluding hydrogens is 254 g/mol. The van der Waals surface area contributed by atoms with Gasteiger partial charge in [0, 0.05) is 11.1 Å². The van der Waals surface area contributed by atoms with E-state index in [2.05, 4.69) is 11.1 Å². The van der Waals surface area contributed by atoms with Crippen LogP contribution in [0.5, 0.6) is 5.75 Å². The zero-order valence-electron chi connectivity index (χ0n) is 9.81. The number of alkyl halides is 1. The molecule has 0 aliphatic heterocycles.